The molecular formula is C19H9ClN4O2. The quantitative estimate of drug-likeness (QED) is 0.525. The summed E-state index contributed by atoms with van der Waals surface area (Å²) in [6.07, 6.45) is 0. The van der Waals surface area contributed by atoms with Crippen LogP contribution in [-0.2, 0) is 0 Å². The molecule has 2 amide bonds. The number of rotatable bonds is 1. The molecule has 0 saturated carbocycles. The van der Waals surface area contributed by atoms with E-state index in [4.69, 9.17) is 11.6 Å². The van der Waals surface area contributed by atoms with E-state index >= 15 is 0 Å². The Morgan fingerprint density at radius 1 is 1.00 bits per heavy atom. The number of imidazole rings is 1. The fourth-order valence-corrected chi connectivity index (χ4v) is 3.61. The predicted molar refractivity (Wildman–Crippen MR) is 96.6 cm³/mol. The highest BCUT2D eigenvalue weighted by molar-refractivity contribution is 6.36. The van der Waals surface area contributed by atoms with Crippen LogP contribution in [0.3, 0.4) is 0 Å². The van der Waals surface area contributed by atoms with E-state index in [2.05, 4.69) is 11.1 Å². The van der Waals surface area contributed by atoms with E-state index in [9.17, 15) is 14.9 Å². The van der Waals surface area contributed by atoms with Gasteiger partial charge in [-0.15, -0.1) is 0 Å². The summed E-state index contributed by atoms with van der Waals surface area (Å²) in [6.45, 7) is 0. The number of hydrogen-bond acceptors (Lipinski definition) is 3. The fourth-order valence-electron chi connectivity index (χ4n) is 3.49. The number of H-pyrrole nitrogens is 1. The van der Waals surface area contributed by atoms with Gasteiger partial charge in [-0.25, -0.2) is 4.90 Å². The Morgan fingerprint density at radius 3 is 2.46 bits per heavy atom. The molecule has 0 bridgehead atoms. The Labute approximate surface area is 151 Å². The van der Waals surface area contributed by atoms with Crippen LogP contribution in [0.1, 0.15) is 26.4 Å². The zero-order valence-corrected chi connectivity index (χ0v) is 13.9. The summed E-state index contributed by atoms with van der Waals surface area (Å²) in [6, 6.07) is 15.9. The normalized spacial score (nSPS) is 13.6. The molecule has 0 spiro atoms. The minimum atomic E-state index is -0.509. The molecule has 5 rings (SSSR count). The van der Waals surface area contributed by atoms with Gasteiger partial charge in [0.1, 0.15) is 23.0 Å². The first-order chi connectivity index (χ1) is 12.6. The Hall–Kier alpha value is -3.56. The highest BCUT2D eigenvalue weighted by Crippen LogP contribution is 2.36. The van der Waals surface area contributed by atoms with Gasteiger partial charge >= 0.3 is 0 Å². The van der Waals surface area contributed by atoms with Gasteiger partial charge < -0.3 is 4.98 Å². The van der Waals surface area contributed by atoms with Gasteiger partial charge in [-0.1, -0.05) is 23.7 Å². The molecule has 2 aromatic carbocycles. The van der Waals surface area contributed by atoms with Gasteiger partial charge in [0.25, 0.3) is 11.8 Å². The number of halogens is 1. The molecule has 1 aliphatic rings. The Bertz CT molecular complexity index is 1290. The van der Waals surface area contributed by atoms with Crippen LogP contribution in [0.4, 0.5) is 5.69 Å². The van der Waals surface area contributed by atoms with Crippen LogP contribution in [-0.4, -0.2) is 21.2 Å². The molecule has 1 aliphatic heterocycles. The van der Waals surface area contributed by atoms with Crippen molar-refractivity contribution in [3.8, 4) is 6.07 Å². The molecule has 124 valence electrons. The Balaban J connectivity index is 1.83. The monoisotopic (exact) mass is 360 g/mol. The van der Waals surface area contributed by atoms with Crippen molar-refractivity contribution in [3.63, 3.8) is 0 Å². The van der Waals surface area contributed by atoms with Gasteiger partial charge in [-0.2, -0.15) is 5.26 Å². The smallest absolute Gasteiger partial charge is 0.283 e. The van der Waals surface area contributed by atoms with Crippen LogP contribution in [0.25, 0.3) is 16.7 Å². The second-order valence-corrected chi connectivity index (χ2v) is 6.40. The van der Waals surface area contributed by atoms with Crippen LogP contribution in [0.2, 0.25) is 5.02 Å². The number of fused-ring (bicyclic) bond motifs is 5. The van der Waals surface area contributed by atoms with E-state index in [0.29, 0.717) is 16.4 Å². The molecule has 3 heterocycles. The maximum atomic E-state index is 13.1. The molecule has 0 radical (unpaired) electrons. The molecule has 1 N–H and O–H groups in total. The van der Waals surface area contributed by atoms with Gasteiger partial charge in [0.2, 0.25) is 0 Å². The van der Waals surface area contributed by atoms with Gasteiger partial charge in [-0.05, 0) is 36.4 Å². The minimum absolute atomic E-state index is 0.129. The van der Waals surface area contributed by atoms with Crippen molar-refractivity contribution >= 4 is 45.8 Å². The molecule has 0 aliphatic carbocycles. The number of nitrogens with zero attached hydrogens (tertiary/aromatic N) is 3. The maximum absolute atomic E-state index is 13.1. The first-order valence-electron chi connectivity index (χ1n) is 7.81. The SMILES string of the molecule is N#Cc1c2c(n3c1[nH]c1ccccc13)C(=O)N(c1ccc(Cl)cc1)C2=O. The molecule has 6 nitrogen and oxygen atoms in total. The van der Waals surface area contributed by atoms with Gasteiger partial charge in [-0.3, -0.25) is 14.0 Å². The molecule has 0 atom stereocenters. The van der Waals surface area contributed by atoms with Crippen LogP contribution in [0, 0.1) is 11.3 Å². The summed E-state index contributed by atoms with van der Waals surface area (Å²) >= 11 is 5.90. The Morgan fingerprint density at radius 2 is 1.73 bits per heavy atom. The standard InChI is InChI=1S/C19H9ClN4O2/c20-10-5-7-11(8-6-10)23-18(25)15-12(9-21)17-22-13-3-1-2-4-14(13)24(17)16(15)19(23)26/h1-8,22H. The molecule has 0 fully saturated rings. The summed E-state index contributed by atoms with van der Waals surface area (Å²) in [5, 5.41) is 10.1. The van der Waals surface area contributed by atoms with Crippen molar-refractivity contribution in [1.29, 1.82) is 5.26 Å². The van der Waals surface area contributed by atoms with Crippen molar-refractivity contribution in [2.24, 2.45) is 0 Å². The second kappa shape index (κ2) is 4.97. The van der Waals surface area contributed by atoms with Gasteiger partial charge in [0, 0.05) is 5.02 Å². The second-order valence-electron chi connectivity index (χ2n) is 5.96. The number of hydrogen-bond donors (Lipinski definition) is 1. The van der Waals surface area contributed by atoms with E-state index in [0.717, 1.165) is 15.9 Å². The van der Waals surface area contributed by atoms with Crippen LogP contribution >= 0.6 is 11.6 Å². The molecular weight excluding hydrogens is 352 g/mol. The third kappa shape index (κ3) is 1.70. The number of benzene rings is 2. The van der Waals surface area contributed by atoms with E-state index in [-0.39, 0.29) is 16.8 Å². The van der Waals surface area contributed by atoms with Crippen molar-refractivity contribution in [2.45, 2.75) is 0 Å². The number of nitriles is 1. The van der Waals surface area contributed by atoms with Crippen LogP contribution in [0.15, 0.2) is 48.5 Å². The lowest BCUT2D eigenvalue weighted by Gasteiger charge is -2.14. The number of nitrogens with one attached hydrogen (secondary N) is 1. The van der Waals surface area contributed by atoms with E-state index < -0.39 is 11.8 Å². The minimum Gasteiger partial charge on any atom is -0.338 e. The molecule has 4 aromatic rings. The summed E-state index contributed by atoms with van der Waals surface area (Å²) in [5.41, 5.74) is 2.89. The number of amides is 2. The van der Waals surface area contributed by atoms with Gasteiger partial charge in [0.15, 0.2) is 0 Å². The number of aromatic amines is 1. The highest BCUT2D eigenvalue weighted by atomic mass is 35.5. The number of para-hydroxylation sites is 2. The average molecular weight is 361 g/mol. The molecule has 0 unspecified atom stereocenters. The van der Waals surface area contributed by atoms with Crippen LogP contribution < -0.4 is 4.90 Å². The zero-order valence-electron chi connectivity index (χ0n) is 13.2. The first-order valence-corrected chi connectivity index (χ1v) is 8.19. The van der Waals surface area contributed by atoms with Crippen LogP contribution in [0.5, 0.6) is 0 Å². The zero-order chi connectivity index (χ0) is 18.0. The highest BCUT2D eigenvalue weighted by Gasteiger charge is 2.43. The van der Waals surface area contributed by atoms with Gasteiger partial charge in [0.05, 0.1) is 22.3 Å². The molecule has 0 saturated heterocycles. The topological polar surface area (TPSA) is 81.4 Å². The predicted octanol–water partition coefficient (Wildman–Crippen LogP) is 3.75. The summed E-state index contributed by atoms with van der Waals surface area (Å²) in [4.78, 5) is 30.3. The average Bonchev–Trinajstić information content (AvgIpc) is 3.24. The summed E-state index contributed by atoms with van der Waals surface area (Å²) in [7, 11) is 0. The lowest BCUT2D eigenvalue weighted by atomic mass is 10.1. The molecule has 26 heavy (non-hydrogen) atoms. The number of imide groups is 1. The lowest BCUT2D eigenvalue weighted by molar-refractivity contribution is 0.0924. The number of anilines is 1. The van der Waals surface area contributed by atoms with E-state index in [1.54, 1.807) is 28.7 Å². The van der Waals surface area contributed by atoms with Crippen molar-refractivity contribution in [3.05, 3.63) is 70.4 Å². The van der Waals surface area contributed by atoms with Crippen molar-refractivity contribution in [1.82, 2.24) is 9.38 Å². The maximum Gasteiger partial charge on any atom is 0.283 e. The van der Waals surface area contributed by atoms with Crippen molar-refractivity contribution < 1.29 is 9.59 Å². The fraction of sp³-hybridized carbons (Fsp3) is 0. The largest absolute Gasteiger partial charge is 0.338 e. The summed E-state index contributed by atoms with van der Waals surface area (Å²) < 4.78 is 1.65. The van der Waals surface area contributed by atoms with E-state index in [1.165, 1.54) is 0 Å². The number of aromatic nitrogens is 2. The Kier molecular flexibility index (Phi) is 2.82. The van der Waals surface area contributed by atoms with Crippen molar-refractivity contribution in [2.75, 3.05) is 4.90 Å². The third-order valence-electron chi connectivity index (χ3n) is 4.59. The lowest BCUT2D eigenvalue weighted by Crippen LogP contribution is -2.30. The number of carbonyl (C=O) groups is 2. The first kappa shape index (κ1) is 14.8. The molecule has 2 aromatic heterocycles. The number of carbonyl (C=O) groups excluding carboxylic acids is 2. The summed E-state index contributed by atoms with van der Waals surface area (Å²) in [5.74, 6) is -0.973. The van der Waals surface area contributed by atoms with E-state index in [1.807, 2.05) is 24.3 Å². The third-order valence-corrected chi connectivity index (χ3v) is 4.84. The molecule has 7 heteroatoms.